The summed E-state index contributed by atoms with van der Waals surface area (Å²) in [6.07, 6.45) is 14.3. The van der Waals surface area contributed by atoms with Gasteiger partial charge in [0.2, 0.25) is 0 Å². The minimum absolute atomic E-state index is 0.788. The first-order chi connectivity index (χ1) is 9.67. The number of nitrogens with one attached hydrogen (secondary N) is 1. The van der Waals surface area contributed by atoms with Crippen molar-refractivity contribution in [3.8, 4) is 0 Å². The molecule has 0 aliphatic heterocycles. The second-order valence-electron chi connectivity index (χ2n) is 7.40. The van der Waals surface area contributed by atoms with Crippen molar-refractivity contribution in [2.75, 3.05) is 6.54 Å². The standard InChI is InChI=1S/C19H39N/c1-5-7-8-9-10-11-12-19(20-6-2)18-14-16(3)13-17(4)15-18/h16-20H,5-15H2,1-4H3. The van der Waals surface area contributed by atoms with E-state index in [9.17, 15) is 0 Å². The third-order valence-corrected chi connectivity index (χ3v) is 5.12. The normalized spacial score (nSPS) is 28.5. The van der Waals surface area contributed by atoms with Crippen LogP contribution in [0.5, 0.6) is 0 Å². The zero-order chi connectivity index (χ0) is 14.8. The molecule has 0 saturated heterocycles. The van der Waals surface area contributed by atoms with E-state index in [2.05, 4.69) is 33.0 Å². The van der Waals surface area contributed by atoms with Crippen LogP contribution in [-0.2, 0) is 0 Å². The molecule has 0 aromatic rings. The lowest BCUT2D eigenvalue weighted by Crippen LogP contribution is -2.39. The molecule has 3 atom stereocenters. The molecule has 1 fully saturated rings. The summed E-state index contributed by atoms with van der Waals surface area (Å²) in [7, 11) is 0. The van der Waals surface area contributed by atoms with Gasteiger partial charge in [0.25, 0.3) is 0 Å². The molecular weight excluding hydrogens is 242 g/mol. The Labute approximate surface area is 128 Å². The predicted octanol–water partition coefficient (Wildman–Crippen LogP) is 5.79. The van der Waals surface area contributed by atoms with Gasteiger partial charge in [0, 0.05) is 6.04 Å². The molecule has 0 amide bonds. The van der Waals surface area contributed by atoms with Gasteiger partial charge in [-0.3, -0.25) is 0 Å². The minimum atomic E-state index is 0.788. The first-order valence-corrected chi connectivity index (χ1v) is 9.40. The van der Waals surface area contributed by atoms with E-state index in [1.54, 1.807) is 0 Å². The molecule has 20 heavy (non-hydrogen) atoms. The summed E-state index contributed by atoms with van der Waals surface area (Å²) in [6, 6.07) is 0.788. The molecule has 0 radical (unpaired) electrons. The van der Waals surface area contributed by atoms with Crippen LogP contribution in [0.4, 0.5) is 0 Å². The van der Waals surface area contributed by atoms with E-state index in [0.717, 1.165) is 30.3 Å². The average Bonchev–Trinajstić information content (AvgIpc) is 2.40. The summed E-state index contributed by atoms with van der Waals surface area (Å²) in [5.41, 5.74) is 0. The van der Waals surface area contributed by atoms with Gasteiger partial charge in [-0.15, -0.1) is 0 Å². The quantitative estimate of drug-likeness (QED) is 0.500. The van der Waals surface area contributed by atoms with Crippen molar-refractivity contribution in [1.82, 2.24) is 5.32 Å². The Morgan fingerprint density at radius 1 is 0.850 bits per heavy atom. The monoisotopic (exact) mass is 281 g/mol. The molecule has 1 aliphatic rings. The van der Waals surface area contributed by atoms with Crippen LogP contribution in [0.1, 0.15) is 91.9 Å². The van der Waals surface area contributed by atoms with Gasteiger partial charge in [-0.1, -0.05) is 66.2 Å². The highest BCUT2D eigenvalue weighted by Crippen LogP contribution is 2.35. The van der Waals surface area contributed by atoms with Crippen LogP contribution in [-0.4, -0.2) is 12.6 Å². The van der Waals surface area contributed by atoms with E-state index in [1.807, 2.05) is 0 Å². The third kappa shape index (κ3) is 7.11. The highest BCUT2D eigenvalue weighted by molar-refractivity contribution is 4.83. The molecule has 1 saturated carbocycles. The molecule has 1 N–H and O–H groups in total. The fourth-order valence-electron chi connectivity index (χ4n) is 4.25. The topological polar surface area (TPSA) is 12.0 Å². The van der Waals surface area contributed by atoms with Gasteiger partial charge >= 0.3 is 0 Å². The highest BCUT2D eigenvalue weighted by Gasteiger charge is 2.29. The first kappa shape index (κ1) is 18.0. The Morgan fingerprint density at radius 2 is 1.45 bits per heavy atom. The number of hydrogen-bond acceptors (Lipinski definition) is 1. The summed E-state index contributed by atoms with van der Waals surface area (Å²) in [5, 5.41) is 3.80. The summed E-state index contributed by atoms with van der Waals surface area (Å²) < 4.78 is 0. The molecule has 0 aromatic carbocycles. The van der Waals surface area contributed by atoms with Crippen LogP contribution in [0, 0.1) is 17.8 Å². The van der Waals surface area contributed by atoms with Crippen molar-refractivity contribution < 1.29 is 0 Å². The number of hydrogen-bond donors (Lipinski definition) is 1. The fraction of sp³-hybridized carbons (Fsp3) is 1.00. The van der Waals surface area contributed by atoms with E-state index in [-0.39, 0.29) is 0 Å². The molecule has 1 nitrogen and oxygen atoms in total. The maximum absolute atomic E-state index is 3.80. The summed E-state index contributed by atoms with van der Waals surface area (Å²) in [6.45, 7) is 10.6. The number of rotatable bonds is 10. The molecule has 0 heterocycles. The van der Waals surface area contributed by atoms with Gasteiger partial charge in [0.1, 0.15) is 0 Å². The van der Waals surface area contributed by atoms with Crippen molar-refractivity contribution in [1.29, 1.82) is 0 Å². The fourth-order valence-corrected chi connectivity index (χ4v) is 4.25. The smallest absolute Gasteiger partial charge is 0.00954 e. The molecule has 0 spiro atoms. The van der Waals surface area contributed by atoms with Gasteiger partial charge in [-0.25, -0.2) is 0 Å². The highest BCUT2D eigenvalue weighted by atomic mass is 14.9. The Morgan fingerprint density at radius 3 is 2.05 bits per heavy atom. The molecule has 120 valence electrons. The molecule has 0 aromatic heterocycles. The zero-order valence-corrected chi connectivity index (χ0v) is 14.6. The average molecular weight is 282 g/mol. The number of unbranched alkanes of at least 4 members (excludes halogenated alkanes) is 5. The molecule has 1 heteroatoms. The van der Waals surface area contributed by atoms with Crippen LogP contribution in [0.15, 0.2) is 0 Å². The van der Waals surface area contributed by atoms with Crippen LogP contribution in [0.3, 0.4) is 0 Å². The van der Waals surface area contributed by atoms with Crippen molar-refractivity contribution in [3.05, 3.63) is 0 Å². The Bertz CT molecular complexity index is 216. The summed E-state index contributed by atoms with van der Waals surface area (Å²) >= 11 is 0. The zero-order valence-electron chi connectivity index (χ0n) is 14.6. The maximum atomic E-state index is 3.80. The summed E-state index contributed by atoms with van der Waals surface area (Å²) in [4.78, 5) is 0. The molecule has 0 bridgehead atoms. The second kappa shape index (κ2) is 10.7. The van der Waals surface area contributed by atoms with E-state index in [4.69, 9.17) is 0 Å². The van der Waals surface area contributed by atoms with Gasteiger partial charge < -0.3 is 5.32 Å². The molecule has 1 rings (SSSR count). The SMILES string of the molecule is CCCCCCCCC(NCC)C1CC(C)CC(C)C1. The van der Waals surface area contributed by atoms with Crippen LogP contribution >= 0.6 is 0 Å². The lowest BCUT2D eigenvalue weighted by molar-refractivity contribution is 0.170. The molecule has 3 unspecified atom stereocenters. The first-order valence-electron chi connectivity index (χ1n) is 9.40. The summed E-state index contributed by atoms with van der Waals surface area (Å²) in [5.74, 6) is 2.81. The van der Waals surface area contributed by atoms with Gasteiger partial charge in [0.15, 0.2) is 0 Å². The predicted molar refractivity (Wildman–Crippen MR) is 91.1 cm³/mol. The van der Waals surface area contributed by atoms with Crippen LogP contribution in [0.25, 0.3) is 0 Å². The Balaban J connectivity index is 2.28. The van der Waals surface area contributed by atoms with Gasteiger partial charge in [0.05, 0.1) is 0 Å². The van der Waals surface area contributed by atoms with E-state index >= 15 is 0 Å². The molecule has 1 aliphatic carbocycles. The minimum Gasteiger partial charge on any atom is -0.314 e. The van der Waals surface area contributed by atoms with E-state index in [1.165, 1.54) is 64.2 Å². The van der Waals surface area contributed by atoms with Crippen molar-refractivity contribution in [2.45, 2.75) is 97.9 Å². The Hall–Kier alpha value is -0.0400. The lowest BCUT2D eigenvalue weighted by atomic mass is 9.73. The van der Waals surface area contributed by atoms with Gasteiger partial charge in [-0.05, 0) is 50.0 Å². The van der Waals surface area contributed by atoms with Crippen molar-refractivity contribution in [3.63, 3.8) is 0 Å². The molecular formula is C19H39N. The Kier molecular flexibility index (Phi) is 9.59. The van der Waals surface area contributed by atoms with Crippen LogP contribution < -0.4 is 5.32 Å². The van der Waals surface area contributed by atoms with Crippen molar-refractivity contribution in [2.24, 2.45) is 17.8 Å². The largest absolute Gasteiger partial charge is 0.314 e. The second-order valence-corrected chi connectivity index (χ2v) is 7.40. The van der Waals surface area contributed by atoms with E-state index in [0.29, 0.717) is 0 Å². The van der Waals surface area contributed by atoms with Crippen molar-refractivity contribution >= 4 is 0 Å². The third-order valence-electron chi connectivity index (χ3n) is 5.12. The van der Waals surface area contributed by atoms with Gasteiger partial charge in [-0.2, -0.15) is 0 Å². The van der Waals surface area contributed by atoms with E-state index < -0.39 is 0 Å². The van der Waals surface area contributed by atoms with Crippen LogP contribution in [0.2, 0.25) is 0 Å². The maximum Gasteiger partial charge on any atom is 0.00954 e. The lowest BCUT2D eigenvalue weighted by Gasteiger charge is -2.37.